The van der Waals surface area contributed by atoms with Gasteiger partial charge in [-0.2, -0.15) is 0 Å². The van der Waals surface area contributed by atoms with Crippen LogP contribution in [-0.2, 0) is 4.79 Å². The molecular formula is C9H7BrFNO4. The van der Waals surface area contributed by atoms with Gasteiger partial charge in [0, 0.05) is 6.07 Å². The first-order valence-corrected chi connectivity index (χ1v) is 4.97. The van der Waals surface area contributed by atoms with Crippen LogP contribution in [0.4, 0.5) is 10.1 Å². The van der Waals surface area contributed by atoms with E-state index in [1.54, 1.807) is 0 Å². The molecule has 0 aliphatic heterocycles. The molecule has 0 heterocycles. The number of ketones is 1. The number of nitrogens with zero attached hydrogens (tertiary/aromatic N) is 1. The minimum Gasteiger partial charge on any atom is -0.478 e. The summed E-state index contributed by atoms with van der Waals surface area (Å²) in [6.07, 6.45) is 0. The highest BCUT2D eigenvalue weighted by Gasteiger charge is 2.21. The lowest BCUT2D eigenvalue weighted by Gasteiger charge is -2.07. The fraction of sp³-hybridized carbons (Fsp3) is 0.222. The number of benzene rings is 1. The van der Waals surface area contributed by atoms with E-state index < -0.39 is 16.4 Å². The van der Waals surface area contributed by atoms with Gasteiger partial charge in [0.1, 0.15) is 16.9 Å². The number of rotatable bonds is 4. The van der Waals surface area contributed by atoms with E-state index in [1.807, 2.05) is 0 Å². The maximum atomic E-state index is 13.1. The zero-order valence-corrected chi connectivity index (χ0v) is 9.78. The highest BCUT2D eigenvalue weighted by molar-refractivity contribution is 9.10. The number of nitro groups is 1. The fourth-order valence-corrected chi connectivity index (χ4v) is 1.43. The van der Waals surface area contributed by atoms with E-state index in [0.717, 1.165) is 12.1 Å². The van der Waals surface area contributed by atoms with E-state index in [1.165, 1.54) is 6.92 Å². The van der Waals surface area contributed by atoms with Gasteiger partial charge in [0.15, 0.2) is 5.78 Å². The minimum atomic E-state index is -0.709. The van der Waals surface area contributed by atoms with Crippen LogP contribution in [0.25, 0.3) is 0 Å². The number of nitro benzene ring substituents is 1. The Hall–Kier alpha value is -1.50. The molecule has 0 unspecified atom stereocenters. The third-order valence-corrected chi connectivity index (χ3v) is 2.38. The Morgan fingerprint density at radius 2 is 2.25 bits per heavy atom. The van der Waals surface area contributed by atoms with Crippen molar-refractivity contribution < 1.29 is 18.8 Å². The first kappa shape index (κ1) is 12.6. The molecule has 0 aliphatic carbocycles. The van der Waals surface area contributed by atoms with Gasteiger partial charge in [0.05, 0.1) is 4.92 Å². The average molecular weight is 292 g/mol. The molecular weight excluding hydrogens is 285 g/mol. The Bertz CT molecular complexity index is 449. The van der Waals surface area contributed by atoms with E-state index in [4.69, 9.17) is 4.74 Å². The first-order chi connectivity index (χ1) is 7.43. The predicted octanol–water partition coefficient (Wildman–Crippen LogP) is 2.46. The summed E-state index contributed by atoms with van der Waals surface area (Å²) < 4.78 is 17.8. The number of hydrogen-bond donors (Lipinski definition) is 0. The topological polar surface area (TPSA) is 69.4 Å². The molecule has 0 saturated carbocycles. The van der Waals surface area contributed by atoms with Crippen LogP contribution in [0, 0.1) is 15.9 Å². The van der Waals surface area contributed by atoms with Gasteiger partial charge in [-0.3, -0.25) is 14.9 Å². The van der Waals surface area contributed by atoms with E-state index >= 15 is 0 Å². The van der Waals surface area contributed by atoms with Crippen molar-refractivity contribution in [2.75, 3.05) is 6.61 Å². The van der Waals surface area contributed by atoms with Crippen molar-refractivity contribution >= 4 is 27.4 Å². The smallest absolute Gasteiger partial charge is 0.312 e. The summed E-state index contributed by atoms with van der Waals surface area (Å²) in [5, 5.41) is 10.6. The SMILES string of the molecule is CC(=O)COc1c([N+](=O)[O-])ccc(F)c1Br. The van der Waals surface area contributed by atoms with Gasteiger partial charge in [0.25, 0.3) is 0 Å². The Morgan fingerprint density at radius 3 is 2.75 bits per heavy atom. The molecule has 5 nitrogen and oxygen atoms in total. The van der Waals surface area contributed by atoms with Crippen LogP contribution >= 0.6 is 15.9 Å². The second-order valence-electron chi connectivity index (χ2n) is 2.96. The minimum absolute atomic E-state index is 0.164. The van der Waals surface area contributed by atoms with Crippen LogP contribution in [0.2, 0.25) is 0 Å². The summed E-state index contributed by atoms with van der Waals surface area (Å²) in [4.78, 5) is 20.6. The van der Waals surface area contributed by atoms with E-state index in [0.29, 0.717) is 0 Å². The molecule has 0 fully saturated rings. The van der Waals surface area contributed by atoms with Gasteiger partial charge in [-0.25, -0.2) is 4.39 Å². The number of halogens is 2. The molecule has 1 rings (SSSR count). The lowest BCUT2D eigenvalue weighted by Crippen LogP contribution is -2.08. The Kier molecular flexibility index (Phi) is 3.94. The molecule has 0 saturated heterocycles. The first-order valence-electron chi connectivity index (χ1n) is 4.18. The average Bonchev–Trinajstić information content (AvgIpc) is 2.19. The van der Waals surface area contributed by atoms with Crippen LogP contribution in [0.15, 0.2) is 16.6 Å². The lowest BCUT2D eigenvalue weighted by atomic mass is 10.3. The Balaban J connectivity index is 3.15. The number of Topliss-reactive ketones (excluding diaryl/α,β-unsaturated/α-hetero) is 1. The molecule has 16 heavy (non-hydrogen) atoms. The lowest BCUT2D eigenvalue weighted by molar-refractivity contribution is -0.385. The van der Waals surface area contributed by atoms with Crippen molar-refractivity contribution in [1.29, 1.82) is 0 Å². The second kappa shape index (κ2) is 5.02. The Labute approximate surface area is 98.5 Å². The molecule has 0 bridgehead atoms. The number of carbonyl (C=O) groups is 1. The molecule has 1 aromatic carbocycles. The highest BCUT2D eigenvalue weighted by atomic mass is 79.9. The van der Waals surface area contributed by atoms with E-state index in [9.17, 15) is 19.3 Å². The summed E-state index contributed by atoms with van der Waals surface area (Å²) in [5.41, 5.74) is -0.394. The van der Waals surface area contributed by atoms with Crippen LogP contribution in [0.3, 0.4) is 0 Å². The van der Waals surface area contributed by atoms with Crippen molar-refractivity contribution in [3.63, 3.8) is 0 Å². The second-order valence-corrected chi connectivity index (χ2v) is 3.75. The zero-order valence-electron chi connectivity index (χ0n) is 8.20. The molecule has 0 aromatic heterocycles. The standard InChI is InChI=1S/C9H7BrFNO4/c1-5(13)4-16-9-7(12(14)15)3-2-6(11)8(9)10/h2-3H,4H2,1H3. The molecule has 0 spiro atoms. The van der Waals surface area contributed by atoms with Crippen molar-refractivity contribution in [3.05, 3.63) is 32.5 Å². The van der Waals surface area contributed by atoms with E-state index in [2.05, 4.69) is 15.9 Å². The third kappa shape index (κ3) is 2.75. The van der Waals surface area contributed by atoms with Crippen molar-refractivity contribution in [3.8, 4) is 5.75 Å². The van der Waals surface area contributed by atoms with Crippen LogP contribution < -0.4 is 4.74 Å². The van der Waals surface area contributed by atoms with Gasteiger partial charge in [0.2, 0.25) is 5.75 Å². The zero-order chi connectivity index (χ0) is 12.3. The molecule has 0 amide bonds. The summed E-state index contributed by atoms with van der Waals surface area (Å²) in [7, 11) is 0. The quantitative estimate of drug-likeness (QED) is 0.631. The third-order valence-electron chi connectivity index (χ3n) is 1.65. The molecule has 7 heteroatoms. The molecule has 0 aliphatic rings. The summed E-state index contributed by atoms with van der Waals surface area (Å²) in [6.45, 7) is 0.919. The van der Waals surface area contributed by atoms with Gasteiger partial charge >= 0.3 is 5.69 Å². The Morgan fingerprint density at radius 1 is 1.62 bits per heavy atom. The van der Waals surface area contributed by atoms with Crippen molar-refractivity contribution in [2.24, 2.45) is 0 Å². The molecule has 0 radical (unpaired) electrons. The number of carbonyl (C=O) groups excluding carboxylic acids is 1. The van der Waals surface area contributed by atoms with Crippen LogP contribution in [0.5, 0.6) is 5.75 Å². The maximum absolute atomic E-state index is 13.1. The van der Waals surface area contributed by atoms with Crippen LogP contribution in [-0.4, -0.2) is 17.3 Å². The summed E-state index contributed by atoms with van der Waals surface area (Å²) >= 11 is 2.83. The highest BCUT2D eigenvalue weighted by Crippen LogP contribution is 2.36. The molecule has 0 atom stereocenters. The van der Waals surface area contributed by atoms with Crippen molar-refractivity contribution in [2.45, 2.75) is 6.92 Å². The normalized spacial score (nSPS) is 9.94. The monoisotopic (exact) mass is 291 g/mol. The van der Waals surface area contributed by atoms with Crippen molar-refractivity contribution in [1.82, 2.24) is 0 Å². The summed E-state index contributed by atoms with van der Waals surface area (Å²) in [6, 6.07) is 1.93. The van der Waals surface area contributed by atoms with Gasteiger partial charge in [-0.05, 0) is 28.9 Å². The number of ether oxygens (including phenoxy) is 1. The predicted molar refractivity (Wildman–Crippen MR) is 56.9 cm³/mol. The molecule has 86 valence electrons. The fourth-order valence-electron chi connectivity index (χ4n) is 0.977. The van der Waals surface area contributed by atoms with Crippen LogP contribution in [0.1, 0.15) is 6.92 Å². The van der Waals surface area contributed by atoms with Gasteiger partial charge in [-0.15, -0.1) is 0 Å². The summed E-state index contributed by atoms with van der Waals surface area (Å²) in [5.74, 6) is -1.28. The van der Waals surface area contributed by atoms with Gasteiger partial charge < -0.3 is 4.74 Å². The largest absolute Gasteiger partial charge is 0.478 e. The molecule has 0 N–H and O–H groups in total. The maximum Gasteiger partial charge on any atom is 0.312 e. The number of hydrogen-bond acceptors (Lipinski definition) is 4. The van der Waals surface area contributed by atoms with E-state index in [-0.39, 0.29) is 22.6 Å². The molecule has 1 aromatic rings. The van der Waals surface area contributed by atoms with Gasteiger partial charge in [-0.1, -0.05) is 0 Å².